The molecule has 2 aromatic heterocycles. The van der Waals surface area contributed by atoms with Crippen LogP contribution in [0, 0.1) is 0 Å². The lowest BCUT2D eigenvalue weighted by Crippen LogP contribution is -2.17. The summed E-state index contributed by atoms with van der Waals surface area (Å²) in [7, 11) is 1.69. The van der Waals surface area contributed by atoms with Crippen molar-refractivity contribution in [2.45, 2.75) is 13.3 Å². The third-order valence-electron chi connectivity index (χ3n) is 2.53. The number of hydrogen-bond donors (Lipinski definition) is 2. The average Bonchev–Trinajstić information content (AvgIpc) is 2.65. The van der Waals surface area contributed by atoms with Gasteiger partial charge in [0.1, 0.15) is 12.0 Å². The molecule has 0 fully saturated rings. The molecule has 0 aliphatic rings. The minimum Gasteiger partial charge on any atom is -0.395 e. The Labute approximate surface area is 104 Å². The molecule has 0 radical (unpaired) electrons. The second-order valence-electron chi connectivity index (χ2n) is 3.77. The minimum atomic E-state index is -0.322. The van der Waals surface area contributed by atoms with E-state index in [9.17, 15) is 4.79 Å². The van der Waals surface area contributed by atoms with Crippen molar-refractivity contribution in [1.29, 1.82) is 0 Å². The van der Waals surface area contributed by atoms with Gasteiger partial charge in [-0.3, -0.25) is 9.48 Å². The van der Waals surface area contributed by atoms with Gasteiger partial charge in [-0.15, -0.1) is 0 Å². The molecule has 2 rings (SSSR count). The number of aromatic nitrogens is 4. The molecule has 18 heavy (non-hydrogen) atoms. The van der Waals surface area contributed by atoms with Crippen molar-refractivity contribution >= 4 is 17.3 Å². The first-order valence-electron chi connectivity index (χ1n) is 5.51. The van der Waals surface area contributed by atoms with E-state index in [1.807, 2.05) is 6.92 Å². The second-order valence-corrected chi connectivity index (χ2v) is 3.77. The quantitative estimate of drug-likeness (QED) is 0.826. The van der Waals surface area contributed by atoms with Crippen LogP contribution in [0.2, 0.25) is 0 Å². The van der Waals surface area contributed by atoms with E-state index >= 15 is 0 Å². The van der Waals surface area contributed by atoms with E-state index in [0.29, 0.717) is 29.2 Å². The smallest absolute Gasteiger partial charge is 0.276 e. The molecule has 7 heteroatoms. The van der Waals surface area contributed by atoms with Crippen molar-refractivity contribution in [2.24, 2.45) is 7.05 Å². The lowest BCUT2D eigenvalue weighted by Gasteiger charge is -2.05. The van der Waals surface area contributed by atoms with Crippen LogP contribution in [-0.2, 0) is 13.5 Å². The highest BCUT2D eigenvalue weighted by molar-refractivity contribution is 6.06. The van der Waals surface area contributed by atoms with Gasteiger partial charge >= 0.3 is 0 Å². The Morgan fingerprint density at radius 3 is 2.67 bits per heavy atom. The summed E-state index contributed by atoms with van der Waals surface area (Å²) in [5.41, 5.74) is 7.88. The van der Waals surface area contributed by atoms with E-state index in [1.165, 1.54) is 23.4 Å². The maximum Gasteiger partial charge on any atom is 0.276 e. The first-order chi connectivity index (χ1) is 8.63. The maximum atomic E-state index is 12.1. The Bertz CT molecular complexity index is 562. The van der Waals surface area contributed by atoms with Crippen LogP contribution in [0.15, 0.2) is 18.7 Å². The maximum absolute atomic E-state index is 12.1. The Hall–Kier alpha value is -2.44. The third-order valence-corrected chi connectivity index (χ3v) is 2.53. The monoisotopic (exact) mass is 246 g/mol. The fourth-order valence-corrected chi connectivity index (χ4v) is 1.68. The molecule has 7 nitrogen and oxygen atoms in total. The largest absolute Gasteiger partial charge is 0.395 e. The van der Waals surface area contributed by atoms with E-state index in [2.05, 4.69) is 20.4 Å². The predicted octanol–water partition coefficient (Wildman–Crippen LogP) is 0.607. The van der Waals surface area contributed by atoms with Gasteiger partial charge in [-0.1, -0.05) is 6.92 Å². The number of hydrogen-bond acceptors (Lipinski definition) is 5. The molecular formula is C11H14N6O. The molecule has 94 valence electrons. The Balaban J connectivity index is 2.27. The summed E-state index contributed by atoms with van der Waals surface area (Å²) in [6.45, 7) is 1.94. The summed E-state index contributed by atoms with van der Waals surface area (Å²) < 4.78 is 1.48. The molecule has 0 unspecified atom stereocenters. The van der Waals surface area contributed by atoms with E-state index in [1.54, 1.807) is 7.05 Å². The van der Waals surface area contributed by atoms with Crippen LogP contribution in [0.25, 0.3) is 0 Å². The highest BCUT2D eigenvalue weighted by Crippen LogP contribution is 2.18. The van der Waals surface area contributed by atoms with Gasteiger partial charge in [-0.05, 0) is 6.42 Å². The molecule has 0 spiro atoms. The number of anilines is 2. The molecule has 2 heterocycles. The Morgan fingerprint density at radius 2 is 2.11 bits per heavy atom. The normalized spacial score (nSPS) is 10.3. The number of nitrogens with zero attached hydrogens (tertiary/aromatic N) is 4. The fraction of sp³-hybridized carbons (Fsp3) is 0.273. The fourth-order valence-electron chi connectivity index (χ4n) is 1.68. The average molecular weight is 246 g/mol. The van der Waals surface area contributed by atoms with Crippen molar-refractivity contribution in [1.82, 2.24) is 19.7 Å². The number of carbonyl (C=O) groups excluding carboxylic acids is 1. The van der Waals surface area contributed by atoms with Crippen LogP contribution in [0.3, 0.4) is 0 Å². The summed E-state index contributed by atoms with van der Waals surface area (Å²) in [6, 6.07) is 0. The summed E-state index contributed by atoms with van der Waals surface area (Å²) in [5, 5.41) is 6.86. The van der Waals surface area contributed by atoms with E-state index in [-0.39, 0.29) is 5.91 Å². The van der Waals surface area contributed by atoms with E-state index in [0.717, 1.165) is 0 Å². The van der Waals surface area contributed by atoms with Crippen LogP contribution in [0.1, 0.15) is 23.1 Å². The van der Waals surface area contributed by atoms with Gasteiger partial charge < -0.3 is 11.1 Å². The zero-order valence-electron chi connectivity index (χ0n) is 10.2. The standard InChI is InChI=1S/C11H14N6O/c1-3-8-9(12)10(17(2)16-8)11(18)15-7-4-13-6-14-5-7/h4-6H,3,12H2,1-2H3,(H,15,18). The molecule has 0 saturated heterocycles. The first-order valence-corrected chi connectivity index (χ1v) is 5.51. The minimum absolute atomic E-state index is 0.322. The Kier molecular flexibility index (Phi) is 3.22. The Morgan fingerprint density at radius 1 is 1.44 bits per heavy atom. The highest BCUT2D eigenvalue weighted by Gasteiger charge is 2.19. The first kappa shape index (κ1) is 12.0. The van der Waals surface area contributed by atoms with Gasteiger partial charge in [0.15, 0.2) is 0 Å². The van der Waals surface area contributed by atoms with Crippen LogP contribution in [-0.4, -0.2) is 25.7 Å². The topological polar surface area (TPSA) is 98.7 Å². The van der Waals surface area contributed by atoms with Crippen LogP contribution in [0.4, 0.5) is 11.4 Å². The number of carbonyl (C=O) groups is 1. The van der Waals surface area contributed by atoms with Crippen LogP contribution in [0.5, 0.6) is 0 Å². The van der Waals surface area contributed by atoms with E-state index in [4.69, 9.17) is 5.73 Å². The van der Waals surface area contributed by atoms with Crippen molar-refractivity contribution < 1.29 is 4.79 Å². The predicted molar refractivity (Wildman–Crippen MR) is 67.0 cm³/mol. The van der Waals surface area contributed by atoms with Crippen molar-refractivity contribution in [3.05, 3.63) is 30.1 Å². The summed E-state index contributed by atoms with van der Waals surface area (Å²) in [6.07, 6.45) is 5.10. The number of aryl methyl sites for hydroxylation is 2. The van der Waals surface area contributed by atoms with Crippen LogP contribution < -0.4 is 11.1 Å². The number of rotatable bonds is 3. The SMILES string of the molecule is CCc1nn(C)c(C(=O)Nc2cncnc2)c1N. The van der Waals surface area contributed by atoms with Gasteiger partial charge in [0, 0.05) is 7.05 Å². The molecule has 0 aliphatic carbocycles. The van der Waals surface area contributed by atoms with E-state index < -0.39 is 0 Å². The van der Waals surface area contributed by atoms with Crippen molar-refractivity contribution in [3.8, 4) is 0 Å². The van der Waals surface area contributed by atoms with Gasteiger partial charge in [-0.25, -0.2) is 9.97 Å². The van der Waals surface area contributed by atoms with Gasteiger partial charge in [0.2, 0.25) is 0 Å². The number of nitrogens with two attached hydrogens (primary N) is 1. The summed E-state index contributed by atoms with van der Waals surface area (Å²) in [5.74, 6) is -0.322. The lowest BCUT2D eigenvalue weighted by atomic mass is 10.2. The zero-order chi connectivity index (χ0) is 13.1. The molecule has 0 aliphatic heterocycles. The molecule has 1 amide bonds. The number of nitrogen functional groups attached to an aromatic ring is 1. The van der Waals surface area contributed by atoms with Crippen molar-refractivity contribution in [3.63, 3.8) is 0 Å². The van der Waals surface area contributed by atoms with Gasteiger partial charge in [-0.2, -0.15) is 5.10 Å². The third kappa shape index (κ3) is 2.15. The van der Waals surface area contributed by atoms with Crippen molar-refractivity contribution in [2.75, 3.05) is 11.1 Å². The lowest BCUT2D eigenvalue weighted by molar-refractivity contribution is 0.101. The summed E-state index contributed by atoms with van der Waals surface area (Å²) >= 11 is 0. The summed E-state index contributed by atoms with van der Waals surface area (Å²) in [4.78, 5) is 19.7. The highest BCUT2D eigenvalue weighted by atomic mass is 16.2. The molecule has 0 atom stereocenters. The number of amides is 1. The molecule has 3 N–H and O–H groups in total. The molecule has 0 bridgehead atoms. The van der Waals surface area contributed by atoms with Gasteiger partial charge in [0.25, 0.3) is 5.91 Å². The molecule has 2 aromatic rings. The number of nitrogens with one attached hydrogen (secondary N) is 1. The van der Waals surface area contributed by atoms with Gasteiger partial charge in [0.05, 0.1) is 29.5 Å². The van der Waals surface area contributed by atoms with Crippen LogP contribution >= 0.6 is 0 Å². The molecule has 0 aromatic carbocycles. The molecule has 0 saturated carbocycles. The zero-order valence-corrected chi connectivity index (χ0v) is 10.2. The molecular weight excluding hydrogens is 232 g/mol. The second kappa shape index (κ2) is 4.82.